The lowest BCUT2D eigenvalue weighted by Gasteiger charge is -2.14. The van der Waals surface area contributed by atoms with Gasteiger partial charge < -0.3 is 14.8 Å². The molecule has 0 saturated carbocycles. The number of benzene rings is 3. The topological polar surface area (TPSA) is 84.9 Å². The molecule has 0 aromatic heterocycles. The summed E-state index contributed by atoms with van der Waals surface area (Å²) in [5, 5.41) is 2.86. The van der Waals surface area contributed by atoms with Crippen LogP contribution >= 0.6 is 39.3 Å². The van der Waals surface area contributed by atoms with Crippen LogP contribution in [-0.2, 0) is 9.59 Å². The Kier molecular flexibility index (Phi) is 8.35. The number of imide groups is 1. The summed E-state index contributed by atoms with van der Waals surface area (Å²) in [6, 6.07) is 18.9. The number of nitrogens with one attached hydrogen (secondary N) is 1. The van der Waals surface area contributed by atoms with Gasteiger partial charge in [-0.15, -0.1) is 0 Å². The number of carbonyl (C=O) groups is 3. The van der Waals surface area contributed by atoms with Crippen LogP contribution < -0.4 is 19.7 Å². The van der Waals surface area contributed by atoms with Crippen molar-refractivity contribution in [3.8, 4) is 11.5 Å². The Bertz CT molecular complexity index is 1330. The fourth-order valence-corrected chi connectivity index (χ4v) is 4.72. The van der Waals surface area contributed by atoms with E-state index in [0.717, 1.165) is 16.7 Å². The number of anilines is 2. The third-order valence-corrected chi connectivity index (χ3v) is 6.75. The van der Waals surface area contributed by atoms with Crippen molar-refractivity contribution >= 4 is 73.8 Å². The fourth-order valence-electron chi connectivity index (χ4n) is 3.33. The molecule has 0 atom stereocenters. The lowest BCUT2D eigenvalue weighted by molar-refractivity contribution is -0.118. The normalized spacial score (nSPS) is 14.3. The molecule has 3 amide bonds. The molecule has 4 rings (SSSR count). The number of amides is 3. The van der Waals surface area contributed by atoms with E-state index in [4.69, 9.17) is 21.1 Å². The summed E-state index contributed by atoms with van der Waals surface area (Å²) < 4.78 is 12.0. The van der Waals surface area contributed by atoms with Crippen molar-refractivity contribution in [3.63, 3.8) is 0 Å². The van der Waals surface area contributed by atoms with Crippen molar-refractivity contribution in [2.24, 2.45) is 0 Å². The maximum Gasteiger partial charge on any atom is 0.298 e. The molecule has 1 aliphatic rings. The van der Waals surface area contributed by atoms with Crippen LogP contribution in [0.2, 0.25) is 5.02 Å². The number of carbonyl (C=O) groups excluding carboxylic acids is 3. The Labute approximate surface area is 225 Å². The summed E-state index contributed by atoms with van der Waals surface area (Å²) in [5.41, 5.74) is 1.72. The zero-order valence-electron chi connectivity index (χ0n) is 19.0. The van der Waals surface area contributed by atoms with E-state index in [2.05, 4.69) is 21.2 Å². The third kappa shape index (κ3) is 6.10. The molecule has 1 saturated heterocycles. The van der Waals surface area contributed by atoms with E-state index in [1.165, 1.54) is 0 Å². The number of rotatable bonds is 8. The monoisotopic (exact) mass is 586 g/mol. The number of thioether (sulfide) groups is 1. The molecule has 0 bridgehead atoms. The number of hydrogen-bond acceptors (Lipinski definition) is 6. The molecule has 1 heterocycles. The van der Waals surface area contributed by atoms with Crippen molar-refractivity contribution < 1.29 is 23.9 Å². The van der Waals surface area contributed by atoms with Gasteiger partial charge in [-0.3, -0.25) is 14.4 Å². The molecule has 3 aromatic carbocycles. The van der Waals surface area contributed by atoms with Gasteiger partial charge in [0.25, 0.3) is 17.1 Å². The summed E-state index contributed by atoms with van der Waals surface area (Å²) in [4.78, 5) is 39.2. The van der Waals surface area contributed by atoms with Crippen molar-refractivity contribution in [3.05, 3.63) is 86.7 Å². The summed E-state index contributed by atoms with van der Waals surface area (Å²) >= 11 is 10.3. The maximum atomic E-state index is 13.0. The Morgan fingerprint density at radius 1 is 1.06 bits per heavy atom. The first-order valence-electron chi connectivity index (χ1n) is 10.8. The van der Waals surface area contributed by atoms with Gasteiger partial charge >= 0.3 is 0 Å². The van der Waals surface area contributed by atoms with Crippen molar-refractivity contribution in [1.82, 2.24) is 0 Å². The molecule has 1 aliphatic heterocycles. The number of para-hydroxylation sites is 1. The van der Waals surface area contributed by atoms with Gasteiger partial charge in [0.2, 0.25) is 0 Å². The van der Waals surface area contributed by atoms with Crippen molar-refractivity contribution in [2.75, 3.05) is 23.4 Å². The fraction of sp³-hybridized carbons (Fsp3) is 0.115. The number of hydrogen-bond donors (Lipinski definition) is 1. The Hall–Kier alpha value is -3.27. The zero-order chi connectivity index (χ0) is 25.7. The van der Waals surface area contributed by atoms with Crippen molar-refractivity contribution in [2.45, 2.75) is 6.92 Å². The molecule has 184 valence electrons. The highest BCUT2D eigenvalue weighted by Crippen LogP contribution is 2.39. The molecular formula is C26H20BrClN2O5S. The minimum atomic E-state index is -0.435. The van der Waals surface area contributed by atoms with Crippen LogP contribution in [0.5, 0.6) is 11.5 Å². The van der Waals surface area contributed by atoms with Gasteiger partial charge in [0.1, 0.15) is 0 Å². The van der Waals surface area contributed by atoms with Crippen LogP contribution in [0.3, 0.4) is 0 Å². The molecule has 0 unspecified atom stereocenters. The van der Waals surface area contributed by atoms with E-state index < -0.39 is 11.1 Å². The summed E-state index contributed by atoms with van der Waals surface area (Å²) in [7, 11) is 0. The first-order chi connectivity index (χ1) is 17.4. The molecule has 0 spiro atoms. The Morgan fingerprint density at radius 2 is 1.75 bits per heavy atom. The van der Waals surface area contributed by atoms with Gasteiger partial charge in [0.05, 0.1) is 17.2 Å². The van der Waals surface area contributed by atoms with E-state index in [0.29, 0.717) is 44.5 Å². The van der Waals surface area contributed by atoms with Crippen LogP contribution in [0.15, 0.2) is 76.1 Å². The van der Waals surface area contributed by atoms with Gasteiger partial charge in [0.15, 0.2) is 18.1 Å². The standard InChI is InChI=1S/C26H20BrClN2O5S/c1-2-34-21-12-16(13-23-25(32)30(26(33)36-23)19-10-8-17(28)9-11-19)20(27)14-22(21)35-15-24(31)29-18-6-4-3-5-7-18/h3-14H,2,15H2,1H3,(H,29,31)/b23-13+. The van der Waals surface area contributed by atoms with E-state index in [1.54, 1.807) is 54.6 Å². The molecule has 0 aliphatic carbocycles. The highest BCUT2D eigenvalue weighted by atomic mass is 79.9. The minimum absolute atomic E-state index is 0.221. The molecular weight excluding hydrogens is 568 g/mol. The largest absolute Gasteiger partial charge is 0.490 e. The van der Waals surface area contributed by atoms with Crippen molar-refractivity contribution in [1.29, 1.82) is 0 Å². The summed E-state index contributed by atoms with van der Waals surface area (Å²) in [6.07, 6.45) is 1.61. The van der Waals surface area contributed by atoms with E-state index >= 15 is 0 Å². The van der Waals surface area contributed by atoms with Crippen LogP contribution in [0.1, 0.15) is 12.5 Å². The van der Waals surface area contributed by atoms with E-state index in [9.17, 15) is 14.4 Å². The highest BCUT2D eigenvalue weighted by Gasteiger charge is 2.36. The molecule has 1 fully saturated rings. The average molecular weight is 588 g/mol. The third-order valence-electron chi connectivity index (χ3n) is 4.94. The highest BCUT2D eigenvalue weighted by molar-refractivity contribution is 9.10. The van der Waals surface area contributed by atoms with E-state index in [-0.39, 0.29) is 17.4 Å². The quantitative estimate of drug-likeness (QED) is 0.293. The average Bonchev–Trinajstić information content (AvgIpc) is 3.14. The lowest BCUT2D eigenvalue weighted by Crippen LogP contribution is -2.27. The Morgan fingerprint density at radius 3 is 2.44 bits per heavy atom. The molecule has 36 heavy (non-hydrogen) atoms. The van der Waals surface area contributed by atoms with Gasteiger partial charge in [0, 0.05) is 15.2 Å². The Balaban J connectivity index is 1.53. The molecule has 1 N–H and O–H groups in total. The first-order valence-corrected chi connectivity index (χ1v) is 12.8. The number of nitrogens with zero attached hydrogens (tertiary/aromatic N) is 1. The smallest absolute Gasteiger partial charge is 0.298 e. The van der Waals surface area contributed by atoms with E-state index in [1.807, 2.05) is 25.1 Å². The summed E-state index contributed by atoms with van der Waals surface area (Å²) in [5.74, 6) is 0.00422. The van der Waals surface area contributed by atoms with Crippen LogP contribution in [0.25, 0.3) is 6.08 Å². The van der Waals surface area contributed by atoms with Gasteiger partial charge in [-0.2, -0.15) is 0 Å². The second-order valence-corrected chi connectivity index (χ2v) is 9.73. The second kappa shape index (κ2) is 11.6. The molecule has 7 nitrogen and oxygen atoms in total. The first kappa shape index (κ1) is 25.8. The molecule has 0 radical (unpaired) electrons. The predicted octanol–water partition coefficient (Wildman–Crippen LogP) is 6.76. The second-order valence-electron chi connectivity index (χ2n) is 7.45. The van der Waals surface area contributed by atoms with Gasteiger partial charge in [-0.25, -0.2) is 4.90 Å². The number of ether oxygens (including phenoxy) is 2. The minimum Gasteiger partial charge on any atom is -0.490 e. The van der Waals surface area contributed by atoms with Gasteiger partial charge in [-0.1, -0.05) is 45.7 Å². The lowest BCUT2D eigenvalue weighted by atomic mass is 10.1. The predicted molar refractivity (Wildman–Crippen MR) is 146 cm³/mol. The molecule has 3 aromatic rings. The van der Waals surface area contributed by atoms with Gasteiger partial charge in [-0.05, 0) is 78.9 Å². The SMILES string of the molecule is CCOc1cc(/C=C2/SC(=O)N(c3ccc(Cl)cc3)C2=O)c(Br)cc1OCC(=O)Nc1ccccc1. The maximum absolute atomic E-state index is 13.0. The zero-order valence-corrected chi connectivity index (χ0v) is 22.2. The summed E-state index contributed by atoms with van der Waals surface area (Å²) in [6.45, 7) is 1.96. The van der Waals surface area contributed by atoms with Crippen LogP contribution in [0, 0.1) is 0 Å². The number of halogens is 2. The van der Waals surface area contributed by atoms with Crippen LogP contribution in [-0.4, -0.2) is 30.3 Å². The molecule has 10 heteroatoms. The van der Waals surface area contributed by atoms with Crippen LogP contribution in [0.4, 0.5) is 16.2 Å².